The maximum atomic E-state index is 12.7. The van der Waals surface area contributed by atoms with E-state index in [4.69, 9.17) is 0 Å². The molecular formula is C12H18F3N5. The molecule has 5 nitrogen and oxygen atoms in total. The maximum absolute atomic E-state index is 12.7. The summed E-state index contributed by atoms with van der Waals surface area (Å²) in [5.74, 6) is 0.249. The first kappa shape index (κ1) is 13.8. The first-order chi connectivity index (χ1) is 9.49. The van der Waals surface area contributed by atoms with E-state index in [2.05, 4.69) is 20.4 Å². The van der Waals surface area contributed by atoms with Gasteiger partial charge in [-0.25, -0.2) is 0 Å². The Bertz CT molecular complexity index is 480. The van der Waals surface area contributed by atoms with Crippen LogP contribution in [0.4, 0.5) is 13.2 Å². The summed E-state index contributed by atoms with van der Waals surface area (Å²) in [6, 6.07) is 0.423. The zero-order chi connectivity index (χ0) is 14.3. The molecule has 8 heteroatoms. The molecule has 1 unspecified atom stereocenters. The van der Waals surface area contributed by atoms with Gasteiger partial charge in [0.15, 0.2) is 0 Å². The lowest BCUT2D eigenvalue weighted by molar-refractivity contribution is -0.148. The van der Waals surface area contributed by atoms with Crippen LogP contribution in [0.15, 0.2) is 0 Å². The van der Waals surface area contributed by atoms with Crippen molar-refractivity contribution in [1.82, 2.24) is 25.0 Å². The smallest absolute Gasteiger partial charge is 0.315 e. The van der Waals surface area contributed by atoms with Gasteiger partial charge in [0.2, 0.25) is 5.82 Å². The third-order valence-electron chi connectivity index (χ3n) is 4.10. The maximum Gasteiger partial charge on any atom is 0.451 e. The summed E-state index contributed by atoms with van der Waals surface area (Å²) in [7, 11) is 1.94. The fraction of sp³-hybridized carbons (Fsp3) is 0.833. The summed E-state index contributed by atoms with van der Waals surface area (Å²) in [6.45, 7) is 2.21. The van der Waals surface area contributed by atoms with Crippen LogP contribution in [0.25, 0.3) is 0 Å². The van der Waals surface area contributed by atoms with Crippen molar-refractivity contribution in [2.45, 2.75) is 38.1 Å². The molecule has 1 saturated carbocycles. The Morgan fingerprint density at radius 1 is 1.30 bits per heavy atom. The Kier molecular flexibility index (Phi) is 3.45. The van der Waals surface area contributed by atoms with Gasteiger partial charge in [0.1, 0.15) is 5.82 Å². The second-order valence-electron chi connectivity index (χ2n) is 5.56. The Morgan fingerprint density at radius 2 is 2.05 bits per heavy atom. The van der Waals surface area contributed by atoms with Crippen molar-refractivity contribution in [2.24, 2.45) is 5.92 Å². The number of nitrogens with zero attached hydrogens (tertiary/aromatic N) is 4. The van der Waals surface area contributed by atoms with Crippen LogP contribution in [0.1, 0.15) is 24.5 Å². The van der Waals surface area contributed by atoms with Crippen molar-refractivity contribution in [3.8, 4) is 0 Å². The summed E-state index contributed by atoms with van der Waals surface area (Å²) in [6.07, 6.45) is -1.93. The topological polar surface area (TPSA) is 46.0 Å². The van der Waals surface area contributed by atoms with Crippen LogP contribution in [-0.4, -0.2) is 45.8 Å². The molecule has 0 bridgehead atoms. The van der Waals surface area contributed by atoms with Crippen molar-refractivity contribution in [3.05, 3.63) is 11.6 Å². The monoisotopic (exact) mass is 289 g/mol. The summed E-state index contributed by atoms with van der Waals surface area (Å²) in [4.78, 5) is 2.16. The summed E-state index contributed by atoms with van der Waals surface area (Å²) < 4.78 is 39.4. The zero-order valence-electron chi connectivity index (χ0n) is 11.3. The van der Waals surface area contributed by atoms with E-state index in [0.29, 0.717) is 37.4 Å². The van der Waals surface area contributed by atoms with E-state index in [9.17, 15) is 13.2 Å². The van der Waals surface area contributed by atoms with Crippen LogP contribution in [0.2, 0.25) is 0 Å². The number of nitrogens with one attached hydrogen (secondary N) is 1. The van der Waals surface area contributed by atoms with Crippen LogP contribution in [0, 0.1) is 5.92 Å². The average molecular weight is 289 g/mol. The molecule has 0 radical (unpaired) electrons. The number of fused-ring (bicyclic) bond motifs is 1. The molecule has 2 aliphatic rings. The highest BCUT2D eigenvalue weighted by atomic mass is 19.4. The number of alkyl halides is 3. The Hall–Kier alpha value is -1.15. The summed E-state index contributed by atoms with van der Waals surface area (Å²) in [5, 5.41) is 10.3. The minimum atomic E-state index is -4.42. The number of hydrogen-bond acceptors (Lipinski definition) is 4. The van der Waals surface area contributed by atoms with E-state index in [1.807, 2.05) is 7.05 Å². The lowest BCUT2D eigenvalue weighted by atomic mass is 10.1. The summed E-state index contributed by atoms with van der Waals surface area (Å²) >= 11 is 0. The van der Waals surface area contributed by atoms with Gasteiger partial charge in [-0.1, -0.05) is 0 Å². The van der Waals surface area contributed by atoms with Crippen molar-refractivity contribution in [3.63, 3.8) is 0 Å². The van der Waals surface area contributed by atoms with Gasteiger partial charge < -0.3 is 9.88 Å². The number of aromatic nitrogens is 3. The van der Waals surface area contributed by atoms with E-state index in [1.165, 1.54) is 17.4 Å². The van der Waals surface area contributed by atoms with E-state index < -0.39 is 12.0 Å². The van der Waals surface area contributed by atoms with Crippen LogP contribution in [0.3, 0.4) is 0 Å². The van der Waals surface area contributed by atoms with Crippen LogP contribution in [0.5, 0.6) is 0 Å². The quantitative estimate of drug-likeness (QED) is 0.902. The molecule has 1 fully saturated rings. The Labute approximate surface area is 115 Å². The highest BCUT2D eigenvalue weighted by Gasteiger charge is 2.40. The molecule has 1 N–H and O–H groups in total. The van der Waals surface area contributed by atoms with E-state index in [0.717, 1.165) is 6.54 Å². The average Bonchev–Trinajstić information content (AvgIpc) is 3.13. The predicted octanol–water partition coefficient (Wildman–Crippen LogP) is 1.11. The molecule has 0 aromatic carbocycles. The molecule has 3 rings (SSSR count). The molecule has 0 spiro atoms. The SMILES string of the molecule is CNC(CN1CCn2c(nnc2C(F)(F)F)C1)C1CC1. The number of rotatable bonds is 4. The molecule has 1 aliphatic carbocycles. The standard InChI is InChI=1S/C12H18F3N5/c1-16-9(8-2-3-8)6-19-4-5-20-10(7-19)17-18-11(20)12(13,14)15/h8-9,16H,2-7H2,1H3. The van der Waals surface area contributed by atoms with Gasteiger partial charge in [0.25, 0.3) is 0 Å². The normalized spacial score (nSPS) is 21.8. The van der Waals surface area contributed by atoms with Gasteiger partial charge in [-0.05, 0) is 25.8 Å². The molecule has 0 amide bonds. The van der Waals surface area contributed by atoms with Gasteiger partial charge in [-0.3, -0.25) is 4.90 Å². The number of halogens is 3. The molecule has 2 heterocycles. The fourth-order valence-corrected chi connectivity index (χ4v) is 2.83. The zero-order valence-corrected chi connectivity index (χ0v) is 11.3. The van der Waals surface area contributed by atoms with E-state index in [-0.39, 0.29) is 0 Å². The Balaban J connectivity index is 1.68. The van der Waals surface area contributed by atoms with E-state index in [1.54, 1.807) is 0 Å². The summed E-state index contributed by atoms with van der Waals surface area (Å²) in [5.41, 5.74) is 0. The largest absolute Gasteiger partial charge is 0.451 e. The fourth-order valence-electron chi connectivity index (χ4n) is 2.83. The van der Waals surface area contributed by atoms with Crippen LogP contribution >= 0.6 is 0 Å². The number of hydrogen-bond donors (Lipinski definition) is 1. The van der Waals surface area contributed by atoms with Crippen molar-refractivity contribution < 1.29 is 13.2 Å². The van der Waals surface area contributed by atoms with Gasteiger partial charge in [-0.15, -0.1) is 10.2 Å². The van der Waals surface area contributed by atoms with Crippen molar-refractivity contribution in [1.29, 1.82) is 0 Å². The molecule has 1 atom stereocenters. The lowest BCUT2D eigenvalue weighted by Gasteiger charge is -2.31. The van der Waals surface area contributed by atoms with Gasteiger partial charge >= 0.3 is 6.18 Å². The Morgan fingerprint density at radius 3 is 2.65 bits per heavy atom. The first-order valence-corrected chi connectivity index (χ1v) is 6.88. The predicted molar refractivity (Wildman–Crippen MR) is 65.9 cm³/mol. The molecule has 0 saturated heterocycles. The van der Waals surface area contributed by atoms with E-state index >= 15 is 0 Å². The highest BCUT2D eigenvalue weighted by Crippen LogP contribution is 2.33. The molecule has 20 heavy (non-hydrogen) atoms. The van der Waals surface area contributed by atoms with Gasteiger partial charge in [-0.2, -0.15) is 13.2 Å². The third kappa shape index (κ3) is 2.67. The molecular weight excluding hydrogens is 271 g/mol. The molecule has 1 aromatic rings. The number of likely N-dealkylation sites (N-methyl/N-ethyl adjacent to an activating group) is 1. The third-order valence-corrected chi connectivity index (χ3v) is 4.10. The molecule has 1 aliphatic heterocycles. The van der Waals surface area contributed by atoms with Gasteiger partial charge in [0, 0.05) is 25.7 Å². The second-order valence-corrected chi connectivity index (χ2v) is 5.56. The minimum Gasteiger partial charge on any atom is -0.315 e. The van der Waals surface area contributed by atoms with Crippen LogP contribution < -0.4 is 5.32 Å². The molecule has 112 valence electrons. The lowest BCUT2D eigenvalue weighted by Crippen LogP contribution is -2.44. The van der Waals surface area contributed by atoms with Crippen molar-refractivity contribution >= 4 is 0 Å². The molecule has 1 aromatic heterocycles. The van der Waals surface area contributed by atoms with Gasteiger partial charge in [0.05, 0.1) is 6.54 Å². The van der Waals surface area contributed by atoms with Crippen molar-refractivity contribution in [2.75, 3.05) is 20.1 Å². The second kappa shape index (κ2) is 5.00. The first-order valence-electron chi connectivity index (χ1n) is 6.88. The van der Waals surface area contributed by atoms with Crippen LogP contribution in [-0.2, 0) is 19.3 Å². The minimum absolute atomic E-state index is 0.304. The highest BCUT2D eigenvalue weighted by molar-refractivity contribution is 5.02.